The maximum Gasteiger partial charge on any atom is 0.0714 e. The number of anilines is 3. The van der Waals surface area contributed by atoms with Crippen LogP contribution in [0.25, 0.3) is 55.3 Å². The molecular formula is C72H49N. The fourth-order valence-corrected chi connectivity index (χ4v) is 12.7. The molecule has 342 valence electrons. The van der Waals surface area contributed by atoms with Crippen LogP contribution < -0.4 is 4.90 Å². The summed E-state index contributed by atoms with van der Waals surface area (Å²) in [6.45, 7) is 0. The van der Waals surface area contributed by atoms with Crippen LogP contribution in [0.2, 0.25) is 0 Å². The Hall–Kier alpha value is -9.30. The van der Waals surface area contributed by atoms with Crippen LogP contribution in [0.1, 0.15) is 44.5 Å². The highest BCUT2D eigenvalue weighted by Crippen LogP contribution is 2.59. The predicted molar refractivity (Wildman–Crippen MR) is 304 cm³/mol. The van der Waals surface area contributed by atoms with E-state index in [1.807, 2.05) is 0 Å². The van der Waals surface area contributed by atoms with E-state index in [9.17, 15) is 0 Å². The normalized spacial score (nSPS) is 13.4. The van der Waals surface area contributed by atoms with Crippen molar-refractivity contribution in [3.8, 4) is 44.5 Å². The maximum atomic E-state index is 2.47. The molecule has 0 radical (unpaired) electrons. The minimum Gasteiger partial charge on any atom is -0.310 e. The Kier molecular flexibility index (Phi) is 10.0. The first kappa shape index (κ1) is 42.6. The lowest BCUT2D eigenvalue weighted by Gasteiger charge is -2.35. The highest BCUT2D eigenvalue weighted by molar-refractivity contribution is 5.96. The Bertz CT molecular complexity index is 3910. The van der Waals surface area contributed by atoms with Crippen molar-refractivity contribution in [2.45, 2.75) is 10.8 Å². The molecule has 73 heavy (non-hydrogen) atoms. The third-order valence-corrected chi connectivity index (χ3v) is 15.8. The molecule has 12 aromatic carbocycles. The molecule has 0 saturated heterocycles. The molecule has 0 atom stereocenters. The second kappa shape index (κ2) is 17.2. The number of benzene rings is 12. The van der Waals surface area contributed by atoms with Gasteiger partial charge in [-0.2, -0.15) is 0 Å². The first-order valence-electron chi connectivity index (χ1n) is 25.4. The van der Waals surface area contributed by atoms with Crippen LogP contribution in [-0.2, 0) is 10.8 Å². The molecule has 2 aliphatic carbocycles. The number of hydrogen-bond acceptors (Lipinski definition) is 1. The molecule has 1 heteroatoms. The lowest BCUT2D eigenvalue weighted by Crippen LogP contribution is -2.28. The van der Waals surface area contributed by atoms with E-state index in [2.05, 4.69) is 302 Å². The van der Waals surface area contributed by atoms with Crippen LogP contribution in [0.3, 0.4) is 0 Å². The molecule has 2 aliphatic rings. The van der Waals surface area contributed by atoms with Crippen molar-refractivity contribution in [2.24, 2.45) is 0 Å². The fourth-order valence-electron chi connectivity index (χ4n) is 12.7. The van der Waals surface area contributed by atoms with Crippen molar-refractivity contribution < 1.29 is 0 Å². The summed E-state index contributed by atoms with van der Waals surface area (Å²) < 4.78 is 0. The summed E-state index contributed by atoms with van der Waals surface area (Å²) in [4.78, 5) is 2.44. The van der Waals surface area contributed by atoms with E-state index < -0.39 is 10.8 Å². The van der Waals surface area contributed by atoms with Gasteiger partial charge in [0.15, 0.2) is 0 Å². The smallest absolute Gasteiger partial charge is 0.0714 e. The Labute approximate surface area is 427 Å². The molecule has 1 nitrogen and oxygen atoms in total. The average molecular weight is 928 g/mol. The molecule has 0 saturated carbocycles. The van der Waals surface area contributed by atoms with Gasteiger partial charge in [-0.15, -0.1) is 0 Å². The van der Waals surface area contributed by atoms with Crippen LogP contribution >= 0.6 is 0 Å². The SMILES string of the molecule is c1ccc(C2(c3ccccc3)c3ccccc3-c3ccc(N(c4ccc(-c5ccc6ccccc6c5)cc4)c4ccc(-c5cccc6c5-c5ccccc5C6(c5ccccc5)c5ccccc5)cc4)cc32)cc1. The van der Waals surface area contributed by atoms with E-state index in [1.54, 1.807) is 0 Å². The average Bonchev–Trinajstić information content (AvgIpc) is 3.95. The molecule has 0 unspecified atom stereocenters. The molecule has 12 aromatic rings. The molecule has 0 aromatic heterocycles. The summed E-state index contributed by atoms with van der Waals surface area (Å²) in [5.74, 6) is 0. The Balaban J connectivity index is 0.946. The molecule has 0 heterocycles. The minimum absolute atomic E-state index is 0.470. The van der Waals surface area contributed by atoms with Gasteiger partial charge in [0, 0.05) is 17.1 Å². The van der Waals surface area contributed by atoms with E-state index in [-0.39, 0.29) is 0 Å². The predicted octanol–water partition coefficient (Wildman–Crippen LogP) is 18.4. The quantitative estimate of drug-likeness (QED) is 0.139. The van der Waals surface area contributed by atoms with Gasteiger partial charge in [-0.05, 0) is 142 Å². The fraction of sp³-hybridized carbons (Fsp3) is 0.0278. The van der Waals surface area contributed by atoms with Crippen molar-refractivity contribution in [2.75, 3.05) is 4.90 Å². The van der Waals surface area contributed by atoms with Crippen LogP contribution in [0.5, 0.6) is 0 Å². The summed E-state index contributed by atoms with van der Waals surface area (Å²) in [7, 11) is 0. The summed E-state index contributed by atoms with van der Waals surface area (Å²) in [5, 5.41) is 2.48. The van der Waals surface area contributed by atoms with Gasteiger partial charge in [-0.1, -0.05) is 255 Å². The standard InChI is InChI=1S/C72H49N/c1-5-22-55(23-6-1)71(56-24-7-2-8-25-56)67-34-18-16-31-65(67)70-62(32-19-35-68(70)71)52-40-44-60(45-41-52)73(59-42-38-51(39-43-59)54-37-36-50-20-13-14-21-53(50)48-54)61-46-47-64-63-30-15-17-33-66(63)72(69(64)49-61,57-26-9-3-10-27-57)58-28-11-4-12-29-58/h1-49H. The van der Waals surface area contributed by atoms with Crippen molar-refractivity contribution in [1.29, 1.82) is 0 Å². The van der Waals surface area contributed by atoms with Crippen molar-refractivity contribution in [1.82, 2.24) is 0 Å². The Morgan fingerprint density at radius 3 is 1.22 bits per heavy atom. The molecule has 0 bridgehead atoms. The summed E-state index contributed by atoms with van der Waals surface area (Å²) in [6.07, 6.45) is 0. The molecule has 0 fully saturated rings. The van der Waals surface area contributed by atoms with Crippen molar-refractivity contribution in [3.63, 3.8) is 0 Å². The van der Waals surface area contributed by atoms with Crippen molar-refractivity contribution in [3.05, 3.63) is 342 Å². The van der Waals surface area contributed by atoms with E-state index >= 15 is 0 Å². The summed E-state index contributed by atoms with van der Waals surface area (Å²) in [6, 6.07) is 110. The molecule has 0 amide bonds. The van der Waals surface area contributed by atoms with E-state index in [0.29, 0.717) is 0 Å². The molecular weight excluding hydrogens is 879 g/mol. The van der Waals surface area contributed by atoms with Crippen LogP contribution in [0.15, 0.2) is 297 Å². The minimum atomic E-state index is -0.529. The second-order valence-electron chi connectivity index (χ2n) is 19.5. The number of hydrogen-bond donors (Lipinski definition) is 0. The molecule has 0 N–H and O–H groups in total. The summed E-state index contributed by atoms with van der Waals surface area (Å²) in [5.41, 5.74) is 22.4. The lowest BCUT2D eigenvalue weighted by molar-refractivity contribution is 0.768. The zero-order chi connectivity index (χ0) is 48.3. The largest absolute Gasteiger partial charge is 0.310 e. The second-order valence-corrected chi connectivity index (χ2v) is 19.5. The van der Waals surface area contributed by atoms with Gasteiger partial charge in [0.25, 0.3) is 0 Å². The summed E-state index contributed by atoms with van der Waals surface area (Å²) >= 11 is 0. The van der Waals surface area contributed by atoms with E-state index in [0.717, 1.165) is 17.1 Å². The highest BCUT2D eigenvalue weighted by atomic mass is 15.1. The van der Waals surface area contributed by atoms with Gasteiger partial charge in [-0.3, -0.25) is 0 Å². The van der Waals surface area contributed by atoms with Crippen LogP contribution in [0, 0.1) is 0 Å². The molecule has 14 rings (SSSR count). The number of nitrogens with zero attached hydrogens (tertiary/aromatic N) is 1. The maximum absolute atomic E-state index is 2.47. The first-order valence-corrected chi connectivity index (χ1v) is 25.4. The van der Waals surface area contributed by atoms with Crippen molar-refractivity contribution >= 4 is 27.8 Å². The van der Waals surface area contributed by atoms with E-state index in [1.165, 1.54) is 99.8 Å². The topological polar surface area (TPSA) is 3.24 Å². The Morgan fingerprint density at radius 2 is 0.630 bits per heavy atom. The third kappa shape index (κ3) is 6.56. The zero-order valence-electron chi connectivity index (χ0n) is 40.2. The highest BCUT2D eigenvalue weighted by Gasteiger charge is 2.48. The van der Waals surface area contributed by atoms with Crippen LogP contribution in [0.4, 0.5) is 17.1 Å². The number of rotatable bonds is 9. The van der Waals surface area contributed by atoms with E-state index in [4.69, 9.17) is 0 Å². The Morgan fingerprint density at radius 1 is 0.219 bits per heavy atom. The van der Waals surface area contributed by atoms with Gasteiger partial charge in [-0.25, -0.2) is 0 Å². The monoisotopic (exact) mass is 927 g/mol. The van der Waals surface area contributed by atoms with Crippen LogP contribution in [-0.4, -0.2) is 0 Å². The molecule has 0 spiro atoms. The van der Waals surface area contributed by atoms with Gasteiger partial charge in [0.1, 0.15) is 0 Å². The molecule has 0 aliphatic heterocycles. The first-order chi connectivity index (χ1) is 36.2. The third-order valence-electron chi connectivity index (χ3n) is 15.8. The van der Waals surface area contributed by atoms with Gasteiger partial charge >= 0.3 is 0 Å². The van der Waals surface area contributed by atoms with Gasteiger partial charge in [0.05, 0.1) is 10.8 Å². The lowest BCUT2D eigenvalue weighted by atomic mass is 9.67. The zero-order valence-corrected chi connectivity index (χ0v) is 40.2. The number of fused-ring (bicyclic) bond motifs is 7. The van der Waals surface area contributed by atoms with Gasteiger partial charge in [0.2, 0.25) is 0 Å². The van der Waals surface area contributed by atoms with Gasteiger partial charge < -0.3 is 4.90 Å².